The number of nitrogens with zero attached hydrogens (tertiary/aromatic N) is 1. The highest BCUT2D eigenvalue weighted by Gasteiger charge is 2.42. The zero-order valence-corrected chi connectivity index (χ0v) is 9.00. The van der Waals surface area contributed by atoms with Crippen molar-refractivity contribution in [2.45, 2.75) is 44.3 Å². The Bertz CT molecular complexity index is 485. The fraction of sp³-hybridized carbons (Fsp3) is 0.636. The van der Waals surface area contributed by atoms with Gasteiger partial charge in [-0.05, 0) is 26.2 Å². The van der Waals surface area contributed by atoms with Gasteiger partial charge in [-0.2, -0.15) is 4.39 Å². The van der Waals surface area contributed by atoms with Crippen molar-refractivity contribution in [2.24, 2.45) is 0 Å². The minimum absolute atomic E-state index is 0.130. The van der Waals surface area contributed by atoms with E-state index in [1.54, 1.807) is 0 Å². The molecule has 2 aliphatic rings. The van der Waals surface area contributed by atoms with Gasteiger partial charge in [0, 0.05) is 5.92 Å². The number of fused-ring (bicyclic) bond motifs is 2. The van der Waals surface area contributed by atoms with Gasteiger partial charge < -0.3 is 9.72 Å². The van der Waals surface area contributed by atoms with E-state index in [1.807, 2.05) is 0 Å². The molecule has 3 heterocycles. The molecule has 3 unspecified atom stereocenters. The van der Waals surface area contributed by atoms with Crippen molar-refractivity contribution in [1.82, 2.24) is 9.97 Å². The monoisotopic (exact) mass is 224 g/mol. The summed E-state index contributed by atoms with van der Waals surface area (Å²) in [4.78, 5) is 18.0. The van der Waals surface area contributed by atoms with E-state index >= 15 is 0 Å². The van der Waals surface area contributed by atoms with Crippen LogP contribution in [0.1, 0.15) is 36.7 Å². The van der Waals surface area contributed by atoms with Crippen LogP contribution >= 0.6 is 0 Å². The lowest BCUT2D eigenvalue weighted by atomic mass is 9.88. The molecule has 1 aromatic heterocycles. The summed E-state index contributed by atoms with van der Waals surface area (Å²) in [6, 6.07) is 0. The quantitative estimate of drug-likeness (QED) is 0.781. The van der Waals surface area contributed by atoms with Gasteiger partial charge in [0.15, 0.2) is 0 Å². The van der Waals surface area contributed by atoms with E-state index in [-0.39, 0.29) is 17.7 Å². The third-order valence-corrected chi connectivity index (χ3v) is 3.50. The molecule has 1 aromatic rings. The molecule has 3 rings (SSSR count). The highest BCUT2D eigenvalue weighted by molar-refractivity contribution is 5.11. The fourth-order valence-electron chi connectivity index (χ4n) is 2.69. The standard InChI is InChI=1S/C11H13FN2O2/c1-5-9(12)11(15)14-10(13-5)7-4-6-2-3-8(7)16-6/h6-8H,2-4H2,1H3,(H,13,14,15). The van der Waals surface area contributed by atoms with Crippen LogP contribution in [0.4, 0.5) is 4.39 Å². The lowest BCUT2D eigenvalue weighted by Crippen LogP contribution is -2.24. The van der Waals surface area contributed by atoms with E-state index in [0.29, 0.717) is 11.9 Å². The summed E-state index contributed by atoms with van der Waals surface area (Å²) >= 11 is 0. The van der Waals surface area contributed by atoms with Gasteiger partial charge in [-0.1, -0.05) is 0 Å². The molecule has 0 amide bonds. The summed E-state index contributed by atoms with van der Waals surface area (Å²) in [5.74, 6) is -0.0744. The third-order valence-electron chi connectivity index (χ3n) is 3.50. The Hall–Kier alpha value is -1.23. The van der Waals surface area contributed by atoms with E-state index in [0.717, 1.165) is 19.3 Å². The second-order valence-corrected chi connectivity index (χ2v) is 4.57. The highest BCUT2D eigenvalue weighted by Crippen LogP contribution is 2.43. The van der Waals surface area contributed by atoms with Gasteiger partial charge >= 0.3 is 0 Å². The third kappa shape index (κ3) is 1.38. The van der Waals surface area contributed by atoms with Crippen LogP contribution < -0.4 is 5.56 Å². The minimum Gasteiger partial charge on any atom is -0.374 e. The van der Waals surface area contributed by atoms with Crippen molar-refractivity contribution < 1.29 is 9.13 Å². The second-order valence-electron chi connectivity index (χ2n) is 4.57. The zero-order chi connectivity index (χ0) is 11.3. The van der Waals surface area contributed by atoms with Crippen molar-refractivity contribution in [1.29, 1.82) is 0 Å². The average Bonchev–Trinajstić information content (AvgIpc) is 2.86. The normalized spacial score (nSPS) is 32.2. The minimum atomic E-state index is -0.784. The average molecular weight is 224 g/mol. The number of nitrogens with one attached hydrogen (secondary N) is 1. The van der Waals surface area contributed by atoms with E-state index in [1.165, 1.54) is 6.92 Å². The first kappa shape index (κ1) is 9.96. The summed E-state index contributed by atoms with van der Waals surface area (Å²) in [7, 11) is 0. The lowest BCUT2D eigenvalue weighted by molar-refractivity contribution is 0.0998. The highest BCUT2D eigenvalue weighted by atomic mass is 19.1. The van der Waals surface area contributed by atoms with E-state index in [4.69, 9.17) is 4.74 Å². The van der Waals surface area contributed by atoms with Gasteiger partial charge in [0.2, 0.25) is 5.82 Å². The molecule has 0 aliphatic carbocycles. The molecule has 4 nitrogen and oxygen atoms in total. The Balaban J connectivity index is 1.99. The van der Waals surface area contributed by atoms with Crippen LogP contribution in [0.15, 0.2) is 4.79 Å². The van der Waals surface area contributed by atoms with Crippen LogP contribution in [0.25, 0.3) is 0 Å². The molecule has 3 atom stereocenters. The number of aromatic nitrogens is 2. The number of halogens is 1. The molecule has 2 fully saturated rings. The van der Waals surface area contributed by atoms with Crippen LogP contribution in [-0.4, -0.2) is 22.2 Å². The smallest absolute Gasteiger partial charge is 0.287 e. The molecule has 2 bridgehead atoms. The molecular formula is C11H13FN2O2. The summed E-state index contributed by atoms with van der Waals surface area (Å²) in [5, 5.41) is 0. The van der Waals surface area contributed by atoms with Crippen molar-refractivity contribution in [2.75, 3.05) is 0 Å². The number of hydrogen-bond donors (Lipinski definition) is 1. The van der Waals surface area contributed by atoms with Crippen molar-refractivity contribution in [3.8, 4) is 0 Å². The first-order valence-corrected chi connectivity index (χ1v) is 5.57. The second kappa shape index (κ2) is 3.38. The molecule has 2 saturated heterocycles. The summed E-state index contributed by atoms with van der Waals surface area (Å²) in [6.07, 6.45) is 3.43. The predicted molar refractivity (Wildman–Crippen MR) is 54.8 cm³/mol. The number of aromatic amines is 1. The maximum Gasteiger partial charge on any atom is 0.287 e. The Labute approximate surface area is 91.9 Å². The lowest BCUT2D eigenvalue weighted by Gasteiger charge is -2.17. The van der Waals surface area contributed by atoms with Gasteiger partial charge in [-0.15, -0.1) is 0 Å². The molecule has 16 heavy (non-hydrogen) atoms. The van der Waals surface area contributed by atoms with Crippen LogP contribution in [0.3, 0.4) is 0 Å². The number of ether oxygens (including phenoxy) is 1. The van der Waals surface area contributed by atoms with Gasteiger partial charge in [-0.3, -0.25) is 4.79 Å². The molecule has 2 aliphatic heterocycles. The van der Waals surface area contributed by atoms with Crippen LogP contribution in [-0.2, 0) is 4.74 Å². The predicted octanol–water partition coefficient (Wildman–Crippen LogP) is 1.25. The topological polar surface area (TPSA) is 55.0 Å². The van der Waals surface area contributed by atoms with Crippen LogP contribution in [0.2, 0.25) is 0 Å². The summed E-state index contributed by atoms with van der Waals surface area (Å²) < 4.78 is 18.8. The van der Waals surface area contributed by atoms with Crippen LogP contribution in [0, 0.1) is 12.7 Å². The van der Waals surface area contributed by atoms with Gasteiger partial charge in [-0.25, -0.2) is 4.98 Å². The van der Waals surface area contributed by atoms with Crippen LogP contribution in [0.5, 0.6) is 0 Å². The Morgan fingerprint density at radius 1 is 1.50 bits per heavy atom. The summed E-state index contributed by atoms with van der Waals surface area (Å²) in [6.45, 7) is 1.52. The maximum atomic E-state index is 13.1. The van der Waals surface area contributed by atoms with E-state index < -0.39 is 11.4 Å². The molecule has 0 saturated carbocycles. The Kier molecular flexibility index (Phi) is 2.10. The molecular weight excluding hydrogens is 211 g/mol. The zero-order valence-electron chi connectivity index (χ0n) is 9.00. The first-order valence-electron chi connectivity index (χ1n) is 5.57. The van der Waals surface area contributed by atoms with E-state index in [2.05, 4.69) is 9.97 Å². The van der Waals surface area contributed by atoms with Gasteiger partial charge in [0.1, 0.15) is 5.82 Å². The van der Waals surface area contributed by atoms with Crippen molar-refractivity contribution in [3.63, 3.8) is 0 Å². The number of hydrogen-bond acceptors (Lipinski definition) is 3. The maximum absolute atomic E-state index is 13.1. The summed E-state index contributed by atoms with van der Waals surface area (Å²) in [5.41, 5.74) is -0.508. The van der Waals surface area contributed by atoms with Gasteiger partial charge in [0.25, 0.3) is 5.56 Å². The molecule has 0 spiro atoms. The molecule has 5 heteroatoms. The molecule has 86 valence electrons. The van der Waals surface area contributed by atoms with Gasteiger partial charge in [0.05, 0.1) is 17.9 Å². The SMILES string of the molecule is Cc1nc(C2CC3CCC2O3)[nH]c(=O)c1F. The molecule has 0 aromatic carbocycles. The number of aryl methyl sites for hydroxylation is 1. The largest absolute Gasteiger partial charge is 0.374 e. The molecule has 0 radical (unpaired) electrons. The number of rotatable bonds is 1. The van der Waals surface area contributed by atoms with Crippen molar-refractivity contribution in [3.05, 3.63) is 27.7 Å². The number of H-pyrrole nitrogens is 1. The van der Waals surface area contributed by atoms with E-state index in [9.17, 15) is 9.18 Å². The fourth-order valence-corrected chi connectivity index (χ4v) is 2.69. The molecule has 1 N–H and O–H groups in total. The van der Waals surface area contributed by atoms with Crippen molar-refractivity contribution >= 4 is 0 Å². The first-order chi connectivity index (χ1) is 7.65. The Morgan fingerprint density at radius 3 is 2.88 bits per heavy atom. The Morgan fingerprint density at radius 2 is 2.31 bits per heavy atom.